The first-order valence-corrected chi connectivity index (χ1v) is 13.3. The van der Waals surface area contributed by atoms with Crippen LogP contribution >= 0.6 is 0 Å². The summed E-state index contributed by atoms with van der Waals surface area (Å²) >= 11 is 0. The SMILES string of the molecule is C=C(COC(=O)N1C[C@@H](N(Cc2cc(C(F)(F)F)cc(C(F)(F)F)c2)c2ncc(-c3cnn(C)c3)cn2)C[C@H]1CC)C(N)=O. The van der Waals surface area contributed by atoms with Crippen LogP contribution in [-0.2, 0) is 35.5 Å². The highest BCUT2D eigenvalue weighted by Crippen LogP contribution is 2.37. The van der Waals surface area contributed by atoms with Gasteiger partial charge in [0.1, 0.15) is 6.61 Å². The highest BCUT2D eigenvalue weighted by atomic mass is 19.4. The first kappa shape index (κ1) is 32.3. The van der Waals surface area contributed by atoms with Gasteiger partial charge in [0.05, 0.1) is 23.4 Å². The maximum absolute atomic E-state index is 13.6. The number of nitrogens with zero attached hydrogens (tertiary/aromatic N) is 6. The average molecular weight is 626 g/mol. The molecule has 0 bridgehead atoms. The van der Waals surface area contributed by atoms with E-state index in [0.717, 1.165) is 0 Å². The van der Waals surface area contributed by atoms with E-state index in [-0.39, 0.29) is 36.1 Å². The number of alkyl halides is 6. The number of anilines is 1. The molecule has 1 fully saturated rings. The summed E-state index contributed by atoms with van der Waals surface area (Å²) < 4.78 is 88.4. The third-order valence-corrected chi connectivity index (χ3v) is 7.19. The van der Waals surface area contributed by atoms with Gasteiger partial charge in [0.25, 0.3) is 0 Å². The highest BCUT2D eigenvalue weighted by molar-refractivity contribution is 5.91. The normalized spacial score (nSPS) is 17.0. The third kappa shape index (κ3) is 7.47. The van der Waals surface area contributed by atoms with E-state index < -0.39 is 60.7 Å². The Morgan fingerprint density at radius 1 is 1.05 bits per heavy atom. The highest BCUT2D eigenvalue weighted by Gasteiger charge is 2.40. The molecule has 1 saturated heterocycles. The molecule has 2 amide bonds. The molecule has 44 heavy (non-hydrogen) atoms. The smallest absolute Gasteiger partial charge is 0.416 e. The summed E-state index contributed by atoms with van der Waals surface area (Å²) in [7, 11) is 1.72. The van der Waals surface area contributed by atoms with Crippen molar-refractivity contribution in [3.63, 3.8) is 0 Å². The molecular formula is C28H29F6N7O3. The van der Waals surface area contributed by atoms with Crippen molar-refractivity contribution < 1.29 is 40.7 Å². The molecule has 16 heteroatoms. The largest absolute Gasteiger partial charge is 0.444 e. The number of carbonyl (C=O) groups is 2. The fraction of sp³-hybridized carbons (Fsp3) is 0.393. The first-order chi connectivity index (χ1) is 20.6. The minimum atomic E-state index is -5.03. The molecule has 1 aromatic carbocycles. The van der Waals surface area contributed by atoms with Crippen LogP contribution in [0.2, 0.25) is 0 Å². The van der Waals surface area contributed by atoms with Crippen LogP contribution < -0.4 is 10.6 Å². The Bertz CT molecular complexity index is 1490. The topological polar surface area (TPSA) is 119 Å². The van der Waals surface area contributed by atoms with Crippen molar-refractivity contribution in [1.29, 1.82) is 0 Å². The molecule has 2 aromatic heterocycles. The number of primary amides is 1. The molecule has 2 atom stereocenters. The number of aryl methyl sites for hydroxylation is 1. The Hall–Kier alpha value is -4.63. The first-order valence-electron chi connectivity index (χ1n) is 13.3. The molecule has 3 heterocycles. The van der Waals surface area contributed by atoms with Gasteiger partial charge in [0.2, 0.25) is 11.9 Å². The van der Waals surface area contributed by atoms with Gasteiger partial charge >= 0.3 is 18.4 Å². The summed E-state index contributed by atoms with van der Waals surface area (Å²) in [6.07, 6.45) is -3.88. The van der Waals surface area contributed by atoms with Crippen LogP contribution in [-0.4, -0.2) is 61.9 Å². The van der Waals surface area contributed by atoms with Gasteiger partial charge in [-0.2, -0.15) is 31.4 Å². The molecule has 0 unspecified atom stereocenters. The quantitative estimate of drug-likeness (QED) is 0.264. The number of rotatable bonds is 9. The van der Waals surface area contributed by atoms with Crippen LogP contribution in [0.15, 0.2) is 55.1 Å². The molecule has 10 nitrogen and oxygen atoms in total. The molecule has 2 N–H and O–H groups in total. The molecular weight excluding hydrogens is 596 g/mol. The predicted octanol–water partition coefficient (Wildman–Crippen LogP) is 4.95. The van der Waals surface area contributed by atoms with Gasteiger partial charge in [-0.05, 0) is 36.6 Å². The fourth-order valence-electron chi connectivity index (χ4n) is 4.89. The lowest BCUT2D eigenvalue weighted by atomic mass is 10.0. The lowest BCUT2D eigenvalue weighted by Crippen LogP contribution is -2.40. The molecule has 0 spiro atoms. The number of likely N-dealkylation sites (tertiary alicyclic amines) is 1. The molecule has 0 saturated carbocycles. The number of hydrogen-bond acceptors (Lipinski definition) is 7. The maximum atomic E-state index is 13.6. The second-order valence-corrected chi connectivity index (χ2v) is 10.3. The maximum Gasteiger partial charge on any atom is 0.416 e. The van der Waals surface area contributed by atoms with Crippen molar-refractivity contribution in [2.45, 2.75) is 50.7 Å². The second kappa shape index (κ2) is 12.5. The van der Waals surface area contributed by atoms with Crippen molar-refractivity contribution in [1.82, 2.24) is 24.6 Å². The summed E-state index contributed by atoms with van der Waals surface area (Å²) in [5.41, 5.74) is 3.11. The van der Waals surface area contributed by atoms with E-state index in [2.05, 4.69) is 21.6 Å². The van der Waals surface area contributed by atoms with Gasteiger partial charge < -0.3 is 20.3 Å². The number of halogens is 6. The van der Waals surface area contributed by atoms with Gasteiger partial charge in [-0.25, -0.2) is 14.8 Å². The standard InChI is InChI=1S/C28H29F6N7O3/c1-4-22-8-23(14-41(22)26(43)44-15-16(2)24(35)42)40(25-36-9-18(10-37-25)19-11-38-39(3)13-19)12-17-5-20(27(29,30)31)7-21(6-17)28(32,33)34/h5-7,9-11,13,22-23H,2,4,8,12,14-15H2,1,3H3,(H2,35,42)/t22-,23+/m1/s1. The van der Waals surface area contributed by atoms with Crippen LogP contribution in [0, 0.1) is 0 Å². The number of hydrogen-bond donors (Lipinski definition) is 1. The van der Waals surface area contributed by atoms with Crippen LogP contribution in [0.3, 0.4) is 0 Å². The number of amides is 2. The Kier molecular flexibility index (Phi) is 9.20. The lowest BCUT2D eigenvalue weighted by Gasteiger charge is -2.29. The minimum absolute atomic E-state index is 0.0147. The molecule has 236 valence electrons. The van der Waals surface area contributed by atoms with Crippen LogP contribution in [0.5, 0.6) is 0 Å². The molecule has 1 aliphatic heterocycles. The third-order valence-electron chi connectivity index (χ3n) is 7.19. The van der Waals surface area contributed by atoms with E-state index in [0.29, 0.717) is 29.7 Å². The van der Waals surface area contributed by atoms with E-state index in [1.54, 1.807) is 24.1 Å². The molecule has 4 rings (SSSR count). The van der Waals surface area contributed by atoms with E-state index in [1.807, 2.05) is 6.92 Å². The van der Waals surface area contributed by atoms with Gasteiger partial charge in [0.15, 0.2) is 0 Å². The van der Waals surface area contributed by atoms with E-state index in [4.69, 9.17) is 10.5 Å². The Morgan fingerprint density at radius 3 is 2.16 bits per heavy atom. The van der Waals surface area contributed by atoms with Crippen molar-refractivity contribution in [2.75, 3.05) is 18.1 Å². The van der Waals surface area contributed by atoms with Gasteiger partial charge in [-0.15, -0.1) is 0 Å². The summed E-state index contributed by atoms with van der Waals surface area (Å²) in [6.45, 7) is 4.36. The molecule has 0 aliphatic carbocycles. The number of ether oxygens (including phenoxy) is 1. The summed E-state index contributed by atoms with van der Waals surface area (Å²) in [5, 5.41) is 4.09. The summed E-state index contributed by atoms with van der Waals surface area (Å²) in [6, 6.07) is 0.339. The van der Waals surface area contributed by atoms with E-state index in [9.17, 15) is 35.9 Å². The fourth-order valence-corrected chi connectivity index (χ4v) is 4.89. The van der Waals surface area contributed by atoms with Gasteiger partial charge in [-0.3, -0.25) is 9.48 Å². The zero-order valence-electron chi connectivity index (χ0n) is 23.7. The Labute approximate surface area is 248 Å². The van der Waals surface area contributed by atoms with E-state index in [1.165, 1.54) is 22.2 Å². The summed E-state index contributed by atoms with van der Waals surface area (Å²) in [5.74, 6) is -0.817. The molecule has 1 aliphatic rings. The predicted molar refractivity (Wildman–Crippen MR) is 146 cm³/mol. The monoisotopic (exact) mass is 625 g/mol. The lowest BCUT2D eigenvalue weighted by molar-refractivity contribution is -0.143. The zero-order chi connectivity index (χ0) is 32.4. The summed E-state index contributed by atoms with van der Waals surface area (Å²) in [4.78, 5) is 35.8. The van der Waals surface area contributed by atoms with Gasteiger partial charge in [0, 0.05) is 61.5 Å². The minimum Gasteiger partial charge on any atom is -0.444 e. The molecule has 0 radical (unpaired) electrons. The Morgan fingerprint density at radius 2 is 1.66 bits per heavy atom. The van der Waals surface area contributed by atoms with Crippen molar-refractivity contribution >= 4 is 17.9 Å². The van der Waals surface area contributed by atoms with Crippen LogP contribution in [0.4, 0.5) is 37.1 Å². The number of aromatic nitrogens is 4. The van der Waals surface area contributed by atoms with E-state index >= 15 is 0 Å². The zero-order valence-corrected chi connectivity index (χ0v) is 23.7. The van der Waals surface area contributed by atoms with Crippen molar-refractivity contribution in [2.24, 2.45) is 12.8 Å². The van der Waals surface area contributed by atoms with Crippen molar-refractivity contribution in [3.05, 3.63) is 71.8 Å². The number of nitrogens with two attached hydrogens (primary N) is 1. The average Bonchev–Trinajstić information content (AvgIpc) is 3.60. The number of benzene rings is 1. The van der Waals surface area contributed by atoms with Crippen molar-refractivity contribution in [3.8, 4) is 11.1 Å². The Balaban J connectivity index is 1.70. The second-order valence-electron chi connectivity index (χ2n) is 10.3. The number of carbonyl (C=O) groups excluding carboxylic acids is 2. The van der Waals surface area contributed by atoms with Gasteiger partial charge in [-0.1, -0.05) is 13.5 Å². The molecule has 3 aromatic rings. The van der Waals surface area contributed by atoms with Crippen LogP contribution in [0.1, 0.15) is 36.5 Å². The van der Waals surface area contributed by atoms with Crippen LogP contribution in [0.25, 0.3) is 11.1 Å².